The summed E-state index contributed by atoms with van der Waals surface area (Å²) in [6.45, 7) is 0. The van der Waals surface area contributed by atoms with Crippen LogP contribution in [0.5, 0.6) is 11.5 Å². The third-order valence-corrected chi connectivity index (χ3v) is 5.18. The van der Waals surface area contributed by atoms with Gasteiger partial charge in [-0.1, -0.05) is 24.3 Å². The van der Waals surface area contributed by atoms with Gasteiger partial charge in [0.15, 0.2) is 11.5 Å². The number of rotatable bonds is 7. The van der Waals surface area contributed by atoms with E-state index in [-0.39, 0.29) is 11.4 Å². The van der Waals surface area contributed by atoms with Crippen molar-refractivity contribution in [1.82, 2.24) is 0 Å². The van der Waals surface area contributed by atoms with Gasteiger partial charge in [-0.2, -0.15) is 10.2 Å². The fourth-order valence-electron chi connectivity index (χ4n) is 3.31. The second kappa shape index (κ2) is 10.6. The van der Waals surface area contributed by atoms with Crippen LogP contribution < -0.4 is 0 Å². The first-order valence-electron chi connectivity index (χ1n) is 10.7. The van der Waals surface area contributed by atoms with E-state index in [0.717, 1.165) is 23.3 Å². The lowest BCUT2D eigenvalue weighted by Crippen LogP contribution is -1.97. The molecule has 0 radical (unpaired) electrons. The number of phenols is 2. The number of carboxylic acid groups (broad SMARTS) is 2. The first-order valence-corrected chi connectivity index (χ1v) is 10.7. The van der Waals surface area contributed by atoms with Crippen molar-refractivity contribution < 1.29 is 38.8 Å². The van der Waals surface area contributed by atoms with Gasteiger partial charge in [-0.3, -0.25) is 0 Å². The van der Waals surface area contributed by atoms with Crippen molar-refractivity contribution in [3.8, 4) is 22.6 Å². The van der Waals surface area contributed by atoms with Crippen LogP contribution in [0.1, 0.15) is 20.7 Å². The Morgan fingerprint density at radius 3 is 1.21 bits per heavy atom. The Kier molecular flexibility index (Phi) is 7.15. The number of halogens is 2. The van der Waals surface area contributed by atoms with Gasteiger partial charge in [-0.15, -0.1) is 10.2 Å². The monoisotopic (exact) mass is 518 g/mol. The molecule has 0 amide bonds. The third kappa shape index (κ3) is 5.65. The highest BCUT2D eigenvalue weighted by Crippen LogP contribution is 2.35. The third-order valence-electron chi connectivity index (χ3n) is 5.18. The van der Waals surface area contributed by atoms with Crippen LogP contribution in [0, 0.1) is 11.6 Å². The van der Waals surface area contributed by atoms with Crippen molar-refractivity contribution in [2.24, 2.45) is 20.5 Å². The number of aromatic carboxylic acids is 2. The first-order chi connectivity index (χ1) is 18.1. The van der Waals surface area contributed by atoms with Crippen molar-refractivity contribution in [1.29, 1.82) is 0 Å². The molecule has 0 aliphatic carbocycles. The lowest BCUT2D eigenvalue weighted by molar-refractivity contribution is 0.0682. The van der Waals surface area contributed by atoms with Gasteiger partial charge in [-0.25, -0.2) is 18.4 Å². The van der Waals surface area contributed by atoms with E-state index in [1.54, 1.807) is 48.5 Å². The van der Waals surface area contributed by atoms with Gasteiger partial charge in [0.1, 0.15) is 34.1 Å². The summed E-state index contributed by atoms with van der Waals surface area (Å²) in [7, 11) is 0. The number of hydrogen-bond acceptors (Lipinski definition) is 8. The molecule has 10 nitrogen and oxygen atoms in total. The maximum atomic E-state index is 13.6. The zero-order chi connectivity index (χ0) is 27.4. The normalized spacial score (nSPS) is 11.3. The summed E-state index contributed by atoms with van der Waals surface area (Å²) < 4.78 is 27.3. The number of aromatic hydroxyl groups is 2. The number of carbonyl (C=O) groups is 2. The van der Waals surface area contributed by atoms with Gasteiger partial charge in [0.05, 0.1) is 11.4 Å². The molecule has 0 fully saturated rings. The van der Waals surface area contributed by atoms with Gasteiger partial charge in [-0.05, 0) is 47.5 Å². The molecular formula is C26H16F2N4O6. The van der Waals surface area contributed by atoms with Crippen LogP contribution >= 0.6 is 0 Å². The molecule has 190 valence electrons. The van der Waals surface area contributed by atoms with E-state index in [1.807, 2.05) is 0 Å². The molecule has 0 spiro atoms. The molecule has 0 aromatic heterocycles. The fourth-order valence-corrected chi connectivity index (χ4v) is 3.31. The topological polar surface area (TPSA) is 164 Å². The quantitative estimate of drug-likeness (QED) is 0.188. The average Bonchev–Trinajstić information content (AvgIpc) is 2.89. The molecule has 0 atom stereocenters. The molecule has 0 aliphatic rings. The number of azo groups is 2. The van der Waals surface area contributed by atoms with E-state index in [0.29, 0.717) is 23.5 Å². The van der Waals surface area contributed by atoms with Gasteiger partial charge >= 0.3 is 11.9 Å². The molecule has 0 heterocycles. The van der Waals surface area contributed by atoms with E-state index in [2.05, 4.69) is 20.5 Å². The Morgan fingerprint density at radius 1 is 0.553 bits per heavy atom. The number of carboxylic acids is 2. The highest BCUT2D eigenvalue weighted by atomic mass is 19.1. The second-order valence-corrected chi connectivity index (χ2v) is 7.75. The summed E-state index contributed by atoms with van der Waals surface area (Å²) in [6, 6.07) is 16.4. The van der Waals surface area contributed by atoms with Gasteiger partial charge in [0.25, 0.3) is 0 Å². The molecule has 0 aliphatic heterocycles. The maximum absolute atomic E-state index is 13.6. The molecule has 0 bridgehead atoms. The van der Waals surface area contributed by atoms with Crippen LogP contribution in [0.4, 0.5) is 31.5 Å². The van der Waals surface area contributed by atoms with E-state index in [1.165, 1.54) is 0 Å². The minimum Gasteiger partial charge on any atom is -0.505 e. The van der Waals surface area contributed by atoms with Crippen LogP contribution in [-0.2, 0) is 0 Å². The summed E-state index contributed by atoms with van der Waals surface area (Å²) in [5.41, 5.74) is 0.353. The molecule has 4 N–H and O–H groups in total. The molecular weight excluding hydrogens is 502 g/mol. The molecule has 0 saturated heterocycles. The van der Waals surface area contributed by atoms with Crippen LogP contribution in [0.15, 0.2) is 93.3 Å². The summed E-state index contributed by atoms with van der Waals surface area (Å²) >= 11 is 0. The van der Waals surface area contributed by atoms with Crippen LogP contribution in [-0.4, -0.2) is 32.4 Å². The smallest absolute Gasteiger partial charge is 0.339 e. The lowest BCUT2D eigenvalue weighted by Gasteiger charge is -2.04. The Hall–Kier alpha value is -5.52. The highest BCUT2D eigenvalue weighted by molar-refractivity contribution is 5.93. The van der Waals surface area contributed by atoms with E-state index >= 15 is 0 Å². The SMILES string of the molecule is O=C(O)c1cc(F)cc(/N=N/c2ccc(-c3ccc(/N=N/c4cc(F)cc(C(=O)O)c4O)cc3)cc2)c1O. The lowest BCUT2D eigenvalue weighted by atomic mass is 10.1. The Labute approximate surface area is 212 Å². The van der Waals surface area contributed by atoms with Gasteiger partial charge < -0.3 is 20.4 Å². The number of nitrogens with zero attached hydrogens (tertiary/aromatic N) is 4. The Bertz CT molecular complexity index is 1480. The predicted molar refractivity (Wildman–Crippen MR) is 130 cm³/mol. The number of benzene rings is 4. The molecule has 0 saturated carbocycles. The predicted octanol–water partition coefficient (Wildman–Crippen LogP) is 7.27. The summed E-state index contributed by atoms with van der Waals surface area (Å²) in [4.78, 5) is 22.2. The first kappa shape index (κ1) is 25.6. The van der Waals surface area contributed by atoms with E-state index in [4.69, 9.17) is 10.2 Å². The minimum absolute atomic E-state index is 0.332. The Morgan fingerprint density at radius 2 is 0.895 bits per heavy atom. The molecule has 4 aromatic carbocycles. The molecule has 12 heteroatoms. The van der Waals surface area contributed by atoms with Crippen molar-refractivity contribution >= 4 is 34.7 Å². The van der Waals surface area contributed by atoms with Gasteiger partial charge in [0, 0.05) is 12.1 Å². The number of hydrogen-bond donors (Lipinski definition) is 4. The Balaban J connectivity index is 1.49. The van der Waals surface area contributed by atoms with Gasteiger partial charge in [0.2, 0.25) is 0 Å². The van der Waals surface area contributed by atoms with Crippen LogP contribution in [0.25, 0.3) is 11.1 Å². The van der Waals surface area contributed by atoms with E-state index < -0.39 is 46.2 Å². The van der Waals surface area contributed by atoms with Crippen molar-refractivity contribution in [3.05, 3.63) is 95.6 Å². The molecule has 38 heavy (non-hydrogen) atoms. The fraction of sp³-hybridized carbons (Fsp3) is 0. The maximum Gasteiger partial charge on any atom is 0.339 e. The zero-order valence-corrected chi connectivity index (χ0v) is 19.1. The van der Waals surface area contributed by atoms with Crippen molar-refractivity contribution in [2.45, 2.75) is 0 Å². The van der Waals surface area contributed by atoms with E-state index in [9.17, 15) is 28.6 Å². The average molecular weight is 518 g/mol. The van der Waals surface area contributed by atoms with Crippen LogP contribution in [0.2, 0.25) is 0 Å². The molecule has 4 rings (SSSR count). The zero-order valence-electron chi connectivity index (χ0n) is 19.1. The largest absolute Gasteiger partial charge is 0.505 e. The molecule has 0 unspecified atom stereocenters. The van der Waals surface area contributed by atoms with Crippen molar-refractivity contribution in [3.63, 3.8) is 0 Å². The summed E-state index contributed by atoms with van der Waals surface area (Å²) in [6.07, 6.45) is 0. The van der Waals surface area contributed by atoms with Crippen LogP contribution in [0.3, 0.4) is 0 Å². The van der Waals surface area contributed by atoms with Crippen molar-refractivity contribution in [2.75, 3.05) is 0 Å². The highest BCUT2D eigenvalue weighted by Gasteiger charge is 2.17. The standard InChI is InChI=1S/C26H16F2N4O6/c27-15-9-19(25(35)36)23(33)21(11-15)31-29-17-5-1-13(2-6-17)14-3-7-18(8-4-14)30-32-22-12-16(28)10-20(24(22)34)26(37)38/h1-12,33-34H,(H,35,36)(H,37,38)/b31-29+,32-30+. The minimum atomic E-state index is -1.50. The second-order valence-electron chi connectivity index (χ2n) is 7.75. The summed E-state index contributed by atoms with van der Waals surface area (Å²) in [5, 5.41) is 53.3. The summed E-state index contributed by atoms with van der Waals surface area (Å²) in [5.74, 6) is -6.18. The molecule has 4 aromatic rings.